The van der Waals surface area contributed by atoms with E-state index in [-0.39, 0.29) is 11.4 Å². The smallest absolute Gasteiger partial charge is 0.335 e. The Hall–Kier alpha value is -3.78. The molecule has 4 aromatic rings. The Morgan fingerprint density at radius 2 is 1.81 bits per heavy atom. The Kier molecular flexibility index (Phi) is 4.67. The van der Waals surface area contributed by atoms with Gasteiger partial charge in [-0.3, -0.25) is 9.78 Å². The van der Waals surface area contributed by atoms with Gasteiger partial charge in [0, 0.05) is 23.1 Å². The molecular weight excluding hydrogens is 408 g/mol. The third-order valence-corrected chi connectivity index (χ3v) is 6.03. The average Bonchev–Trinajstić information content (AvgIpc) is 3.11. The minimum atomic E-state index is -0.682. The second-order valence-corrected chi connectivity index (χ2v) is 8.24. The molecule has 5 rings (SSSR count). The molecule has 4 N–H and O–H groups in total. The van der Waals surface area contributed by atoms with Gasteiger partial charge in [0.05, 0.1) is 18.8 Å². The van der Waals surface area contributed by atoms with Crippen molar-refractivity contribution in [2.75, 3.05) is 13.7 Å². The fourth-order valence-corrected chi connectivity index (χ4v) is 4.70. The molecule has 32 heavy (non-hydrogen) atoms. The molecule has 0 saturated carbocycles. The van der Waals surface area contributed by atoms with Crippen molar-refractivity contribution in [3.05, 3.63) is 85.2 Å². The molecule has 1 aliphatic rings. The SMILES string of the molecule is COc1ccc2[nH]c3c(c2c1)CCN[C@@H]3c1c(O)n(-c2cc(C)cc(C)c2)c(=O)[nH]c1=O. The second kappa shape index (κ2) is 7.42. The highest BCUT2D eigenvalue weighted by Crippen LogP contribution is 2.36. The van der Waals surface area contributed by atoms with Gasteiger partial charge in [0.1, 0.15) is 11.3 Å². The molecule has 164 valence electrons. The molecule has 0 spiro atoms. The van der Waals surface area contributed by atoms with Crippen LogP contribution in [0.5, 0.6) is 11.6 Å². The highest BCUT2D eigenvalue weighted by atomic mass is 16.5. The molecule has 0 amide bonds. The van der Waals surface area contributed by atoms with Crippen LogP contribution in [-0.2, 0) is 6.42 Å². The zero-order chi connectivity index (χ0) is 22.6. The van der Waals surface area contributed by atoms with Gasteiger partial charge in [0.25, 0.3) is 5.56 Å². The molecule has 0 bridgehead atoms. The first-order chi connectivity index (χ1) is 15.4. The minimum absolute atomic E-state index is 0.100. The molecule has 0 unspecified atom stereocenters. The first-order valence-corrected chi connectivity index (χ1v) is 10.5. The van der Waals surface area contributed by atoms with Crippen LogP contribution in [0.4, 0.5) is 0 Å². The van der Waals surface area contributed by atoms with Crippen LogP contribution in [0.2, 0.25) is 0 Å². The molecule has 0 radical (unpaired) electrons. The number of aromatic nitrogens is 3. The molecule has 1 atom stereocenters. The van der Waals surface area contributed by atoms with Crippen molar-refractivity contribution < 1.29 is 9.84 Å². The maximum absolute atomic E-state index is 12.9. The summed E-state index contributed by atoms with van der Waals surface area (Å²) < 4.78 is 6.52. The molecule has 0 fully saturated rings. The van der Waals surface area contributed by atoms with Gasteiger partial charge in [-0.1, -0.05) is 6.07 Å². The largest absolute Gasteiger partial charge is 0.497 e. The summed E-state index contributed by atoms with van der Waals surface area (Å²) in [6.07, 6.45) is 0.758. The van der Waals surface area contributed by atoms with Crippen LogP contribution < -0.4 is 21.3 Å². The molecule has 0 saturated heterocycles. The highest BCUT2D eigenvalue weighted by Gasteiger charge is 2.31. The summed E-state index contributed by atoms with van der Waals surface area (Å²) in [5.74, 6) is 0.379. The molecule has 8 heteroatoms. The zero-order valence-corrected chi connectivity index (χ0v) is 18.1. The van der Waals surface area contributed by atoms with Gasteiger partial charge in [-0.25, -0.2) is 9.36 Å². The Morgan fingerprint density at radius 1 is 1.06 bits per heavy atom. The third-order valence-electron chi connectivity index (χ3n) is 6.03. The maximum atomic E-state index is 12.9. The summed E-state index contributed by atoms with van der Waals surface area (Å²) in [5, 5.41) is 15.5. The van der Waals surface area contributed by atoms with Gasteiger partial charge < -0.3 is 20.1 Å². The summed E-state index contributed by atoms with van der Waals surface area (Å²) >= 11 is 0. The number of hydrogen-bond acceptors (Lipinski definition) is 5. The van der Waals surface area contributed by atoms with Crippen molar-refractivity contribution in [3.8, 4) is 17.3 Å². The fourth-order valence-electron chi connectivity index (χ4n) is 4.70. The highest BCUT2D eigenvalue weighted by molar-refractivity contribution is 5.86. The van der Waals surface area contributed by atoms with Gasteiger partial charge in [-0.15, -0.1) is 0 Å². The molecule has 8 nitrogen and oxygen atoms in total. The number of aryl methyl sites for hydroxylation is 2. The van der Waals surface area contributed by atoms with Crippen LogP contribution in [0.25, 0.3) is 16.6 Å². The standard InChI is InChI=1S/C24H24N4O4/c1-12-8-13(2)10-14(9-12)28-23(30)19(22(29)27-24(28)31)21-20-16(6-7-25-21)17-11-15(32-3)4-5-18(17)26-20/h4-5,8-11,21,25-26,30H,6-7H2,1-3H3,(H,27,29,31)/t21-/m1/s1. The third kappa shape index (κ3) is 3.11. The predicted molar refractivity (Wildman–Crippen MR) is 122 cm³/mol. The van der Waals surface area contributed by atoms with Crippen molar-refractivity contribution >= 4 is 10.9 Å². The average molecular weight is 432 g/mol. The van der Waals surface area contributed by atoms with Crippen molar-refractivity contribution in [3.63, 3.8) is 0 Å². The topological polar surface area (TPSA) is 112 Å². The number of aromatic hydroxyl groups is 1. The normalized spacial score (nSPS) is 15.7. The Bertz CT molecular complexity index is 1460. The minimum Gasteiger partial charge on any atom is -0.497 e. The number of fused-ring (bicyclic) bond motifs is 3. The number of H-pyrrole nitrogens is 2. The van der Waals surface area contributed by atoms with E-state index in [1.807, 2.05) is 38.1 Å². The van der Waals surface area contributed by atoms with E-state index >= 15 is 0 Å². The first kappa shape index (κ1) is 20.1. The lowest BCUT2D eigenvalue weighted by Gasteiger charge is -2.25. The van der Waals surface area contributed by atoms with Crippen LogP contribution in [0.15, 0.2) is 46.0 Å². The van der Waals surface area contributed by atoms with E-state index in [0.29, 0.717) is 12.2 Å². The Balaban J connectivity index is 1.73. The summed E-state index contributed by atoms with van der Waals surface area (Å²) in [6, 6.07) is 10.7. The molecule has 2 aromatic heterocycles. The monoisotopic (exact) mass is 432 g/mol. The number of rotatable bonds is 3. The first-order valence-electron chi connectivity index (χ1n) is 10.5. The number of hydrogen-bond donors (Lipinski definition) is 4. The van der Waals surface area contributed by atoms with Gasteiger partial charge in [0.15, 0.2) is 0 Å². The number of nitrogens with zero attached hydrogens (tertiary/aromatic N) is 1. The lowest BCUT2D eigenvalue weighted by Crippen LogP contribution is -2.38. The van der Waals surface area contributed by atoms with E-state index in [1.54, 1.807) is 19.2 Å². The van der Waals surface area contributed by atoms with E-state index in [4.69, 9.17) is 4.74 Å². The van der Waals surface area contributed by atoms with Crippen LogP contribution in [0.1, 0.15) is 34.0 Å². The summed E-state index contributed by atoms with van der Waals surface area (Å²) in [4.78, 5) is 31.4. The van der Waals surface area contributed by atoms with Gasteiger partial charge >= 0.3 is 5.69 Å². The van der Waals surface area contributed by atoms with Crippen LogP contribution in [-0.4, -0.2) is 33.3 Å². The predicted octanol–water partition coefficient (Wildman–Crippen LogP) is 2.57. The lowest BCUT2D eigenvalue weighted by atomic mass is 9.95. The van der Waals surface area contributed by atoms with Gasteiger partial charge in [0.2, 0.25) is 5.88 Å². The molecule has 2 aromatic carbocycles. The number of methoxy groups -OCH3 is 1. The van der Waals surface area contributed by atoms with Crippen LogP contribution in [0.3, 0.4) is 0 Å². The lowest BCUT2D eigenvalue weighted by molar-refractivity contribution is 0.409. The van der Waals surface area contributed by atoms with Crippen LogP contribution >= 0.6 is 0 Å². The van der Waals surface area contributed by atoms with Crippen molar-refractivity contribution in [1.82, 2.24) is 19.9 Å². The number of ether oxygens (including phenoxy) is 1. The molecule has 3 heterocycles. The van der Waals surface area contributed by atoms with Crippen molar-refractivity contribution in [2.24, 2.45) is 0 Å². The van der Waals surface area contributed by atoms with E-state index in [9.17, 15) is 14.7 Å². The number of nitrogens with one attached hydrogen (secondary N) is 3. The Labute approximate surface area is 183 Å². The van der Waals surface area contributed by atoms with Crippen LogP contribution in [0, 0.1) is 13.8 Å². The summed E-state index contributed by atoms with van der Waals surface area (Å²) in [5.41, 5.74) is 3.97. The van der Waals surface area contributed by atoms with E-state index in [0.717, 1.165) is 50.0 Å². The van der Waals surface area contributed by atoms with Crippen molar-refractivity contribution in [2.45, 2.75) is 26.3 Å². The van der Waals surface area contributed by atoms with Gasteiger partial charge in [-0.2, -0.15) is 0 Å². The van der Waals surface area contributed by atoms with E-state index in [1.165, 1.54) is 0 Å². The van der Waals surface area contributed by atoms with Gasteiger partial charge in [-0.05, 0) is 67.3 Å². The Morgan fingerprint density at radius 3 is 2.53 bits per heavy atom. The maximum Gasteiger partial charge on any atom is 0.335 e. The summed E-state index contributed by atoms with van der Waals surface area (Å²) in [7, 11) is 1.62. The summed E-state index contributed by atoms with van der Waals surface area (Å²) in [6.45, 7) is 4.45. The second-order valence-electron chi connectivity index (χ2n) is 8.24. The molecule has 0 aliphatic carbocycles. The van der Waals surface area contributed by atoms with E-state index < -0.39 is 17.3 Å². The quantitative estimate of drug-likeness (QED) is 0.398. The molecular formula is C24H24N4O4. The number of aromatic amines is 2. The van der Waals surface area contributed by atoms with E-state index in [2.05, 4.69) is 15.3 Å². The number of benzene rings is 2. The fraction of sp³-hybridized carbons (Fsp3) is 0.250. The zero-order valence-electron chi connectivity index (χ0n) is 18.1. The molecule has 1 aliphatic heterocycles. The van der Waals surface area contributed by atoms with Crippen molar-refractivity contribution in [1.29, 1.82) is 0 Å².